The Balaban J connectivity index is 2.06. The average molecular weight is 261 g/mol. The summed E-state index contributed by atoms with van der Waals surface area (Å²) in [7, 11) is 1.82. The second-order valence-corrected chi connectivity index (χ2v) is 6.69. The Morgan fingerprint density at radius 2 is 1.84 bits per heavy atom. The van der Waals surface area contributed by atoms with E-state index in [2.05, 4.69) is 56.9 Å². The molecule has 0 aliphatic carbocycles. The Morgan fingerprint density at radius 3 is 2.32 bits per heavy atom. The van der Waals surface area contributed by atoms with Gasteiger partial charge in [-0.25, -0.2) is 0 Å². The zero-order valence-electron chi connectivity index (χ0n) is 12.9. The number of hydrogen-bond donors (Lipinski definition) is 0. The van der Waals surface area contributed by atoms with Gasteiger partial charge in [0.05, 0.1) is 6.10 Å². The molecule has 2 nitrogen and oxygen atoms in total. The molecule has 1 aromatic rings. The van der Waals surface area contributed by atoms with Gasteiger partial charge in [0.25, 0.3) is 0 Å². The highest BCUT2D eigenvalue weighted by Gasteiger charge is 2.26. The van der Waals surface area contributed by atoms with E-state index >= 15 is 0 Å². The molecule has 2 rings (SSSR count). The van der Waals surface area contributed by atoms with Crippen LogP contribution in [-0.4, -0.2) is 31.2 Å². The van der Waals surface area contributed by atoms with Gasteiger partial charge in [0, 0.05) is 26.2 Å². The van der Waals surface area contributed by atoms with E-state index in [1.165, 1.54) is 11.1 Å². The molecule has 1 heterocycles. The molecule has 0 aromatic heterocycles. The van der Waals surface area contributed by atoms with Crippen LogP contribution in [0, 0.1) is 0 Å². The first-order valence-electron chi connectivity index (χ1n) is 7.29. The maximum Gasteiger partial charge on any atom is 0.0710 e. The summed E-state index contributed by atoms with van der Waals surface area (Å²) in [5, 5.41) is 0. The maximum atomic E-state index is 5.45. The Hall–Kier alpha value is -0.860. The molecule has 2 atom stereocenters. The summed E-state index contributed by atoms with van der Waals surface area (Å²) in [6.45, 7) is 11.3. The van der Waals surface area contributed by atoms with E-state index in [0.29, 0.717) is 12.1 Å². The van der Waals surface area contributed by atoms with Crippen LogP contribution in [0.4, 0.5) is 0 Å². The van der Waals surface area contributed by atoms with Gasteiger partial charge in [-0.1, -0.05) is 45.0 Å². The Labute approximate surface area is 117 Å². The third kappa shape index (κ3) is 3.37. The number of ether oxygens (including phenoxy) is 1. The first kappa shape index (κ1) is 14.5. The van der Waals surface area contributed by atoms with Crippen molar-refractivity contribution in [3.05, 3.63) is 35.4 Å². The van der Waals surface area contributed by atoms with Crippen LogP contribution < -0.4 is 0 Å². The van der Waals surface area contributed by atoms with Crippen molar-refractivity contribution in [3.8, 4) is 0 Å². The minimum absolute atomic E-state index is 0.233. The highest BCUT2D eigenvalue weighted by molar-refractivity contribution is 5.29. The van der Waals surface area contributed by atoms with Crippen molar-refractivity contribution < 1.29 is 4.74 Å². The largest absolute Gasteiger partial charge is 0.380 e. The van der Waals surface area contributed by atoms with E-state index in [9.17, 15) is 0 Å². The molecule has 1 fully saturated rings. The normalized spacial score (nSPS) is 22.7. The van der Waals surface area contributed by atoms with Gasteiger partial charge in [-0.3, -0.25) is 4.90 Å². The molecule has 2 unspecified atom stereocenters. The quantitative estimate of drug-likeness (QED) is 0.821. The summed E-state index contributed by atoms with van der Waals surface area (Å²) >= 11 is 0. The van der Waals surface area contributed by atoms with Gasteiger partial charge in [0.15, 0.2) is 0 Å². The van der Waals surface area contributed by atoms with Gasteiger partial charge in [-0.15, -0.1) is 0 Å². The lowest BCUT2D eigenvalue weighted by atomic mass is 9.86. The van der Waals surface area contributed by atoms with Crippen molar-refractivity contribution in [2.45, 2.75) is 51.7 Å². The lowest BCUT2D eigenvalue weighted by Gasteiger charge is -2.26. The van der Waals surface area contributed by atoms with Crippen molar-refractivity contribution in [1.82, 2.24) is 4.90 Å². The summed E-state index contributed by atoms with van der Waals surface area (Å²) in [5.41, 5.74) is 3.04. The Morgan fingerprint density at radius 1 is 1.21 bits per heavy atom. The molecule has 1 aliphatic heterocycles. The first-order chi connectivity index (χ1) is 8.91. The van der Waals surface area contributed by atoms with Crippen molar-refractivity contribution in [1.29, 1.82) is 0 Å². The molecule has 1 aliphatic rings. The molecule has 0 bridgehead atoms. The van der Waals surface area contributed by atoms with Gasteiger partial charge < -0.3 is 4.74 Å². The minimum atomic E-state index is 0.233. The van der Waals surface area contributed by atoms with Gasteiger partial charge in [-0.2, -0.15) is 0 Å². The summed E-state index contributed by atoms with van der Waals surface area (Å²) in [6, 6.07) is 9.59. The van der Waals surface area contributed by atoms with Crippen LogP contribution in [0.15, 0.2) is 24.3 Å². The molecule has 1 aromatic carbocycles. The van der Waals surface area contributed by atoms with Crippen LogP contribution in [0.25, 0.3) is 0 Å². The molecule has 0 N–H and O–H groups in total. The third-order valence-electron chi connectivity index (χ3n) is 4.32. The van der Waals surface area contributed by atoms with Crippen LogP contribution in [-0.2, 0) is 10.2 Å². The molecule has 19 heavy (non-hydrogen) atoms. The molecule has 0 amide bonds. The summed E-state index contributed by atoms with van der Waals surface area (Å²) in [5.74, 6) is 0. The molecule has 0 saturated carbocycles. The van der Waals surface area contributed by atoms with Gasteiger partial charge in [-0.05, 0) is 29.9 Å². The van der Waals surface area contributed by atoms with Crippen molar-refractivity contribution >= 4 is 0 Å². The van der Waals surface area contributed by atoms with E-state index in [1.807, 2.05) is 7.11 Å². The molecule has 0 spiro atoms. The second kappa shape index (κ2) is 5.64. The van der Waals surface area contributed by atoms with Gasteiger partial charge in [0.2, 0.25) is 0 Å². The number of hydrogen-bond acceptors (Lipinski definition) is 2. The lowest BCUT2D eigenvalue weighted by molar-refractivity contribution is 0.102. The smallest absolute Gasteiger partial charge is 0.0710 e. The summed E-state index contributed by atoms with van der Waals surface area (Å²) in [6.07, 6.45) is 1.57. The highest BCUT2D eigenvalue weighted by atomic mass is 16.5. The third-order valence-corrected chi connectivity index (χ3v) is 4.32. The zero-order valence-corrected chi connectivity index (χ0v) is 12.9. The van der Waals surface area contributed by atoms with Crippen LogP contribution in [0.2, 0.25) is 0 Å². The predicted molar refractivity (Wildman–Crippen MR) is 80.5 cm³/mol. The fourth-order valence-corrected chi connectivity index (χ4v) is 2.77. The van der Waals surface area contributed by atoms with E-state index in [0.717, 1.165) is 19.5 Å². The standard InChI is InChI=1S/C17H27NO/c1-13(18-11-10-16(12-18)19-5)14-6-8-15(9-7-14)17(2,3)4/h6-9,13,16H,10-12H2,1-5H3. The van der Waals surface area contributed by atoms with E-state index in [4.69, 9.17) is 4.74 Å². The highest BCUT2D eigenvalue weighted by Crippen LogP contribution is 2.28. The van der Waals surface area contributed by atoms with Crippen molar-refractivity contribution in [2.75, 3.05) is 20.2 Å². The van der Waals surface area contributed by atoms with E-state index in [1.54, 1.807) is 0 Å². The number of benzene rings is 1. The topological polar surface area (TPSA) is 12.5 Å². The average Bonchev–Trinajstić information content (AvgIpc) is 2.86. The number of likely N-dealkylation sites (tertiary alicyclic amines) is 1. The molecule has 1 saturated heterocycles. The summed E-state index contributed by atoms with van der Waals surface area (Å²) in [4.78, 5) is 2.51. The van der Waals surface area contributed by atoms with Crippen LogP contribution in [0.5, 0.6) is 0 Å². The van der Waals surface area contributed by atoms with Crippen molar-refractivity contribution in [3.63, 3.8) is 0 Å². The number of rotatable bonds is 3. The second-order valence-electron chi connectivity index (χ2n) is 6.69. The van der Waals surface area contributed by atoms with Crippen LogP contribution in [0.1, 0.15) is 51.3 Å². The van der Waals surface area contributed by atoms with Crippen molar-refractivity contribution in [2.24, 2.45) is 0 Å². The molecular weight excluding hydrogens is 234 g/mol. The monoisotopic (exact) mass is 261 g/mol. The molecule has 106 valence electrons. The zero-order chi connectivity index (χ0) is 14.0. The Kier molecular flexibility index (Phi) is 4.32. The maximum absolute atomic E-state index is 5.45. The SMILES string of the molecule is COC1CCN(C(C)c2ccc(C(C)(C)C)cc2)C1. The summed E-state index contributed by atoms with van der Waals surface area (Å²) < 4.78 is 5.45. The van der Waals surface area contributed by atoms with E-state index in [-0.39, 0.29) is 5.41 Å². The molecule has 0 radical (unpaired) electrons. The van der Waals surface area contributed by atoms with Crippen LogP contribution in [0.3, 0.4) is 0 Å². The number of nitrogens with zero attached hydrogens (tertiary/aromatic N) is 1. The molecule has 2 heteroatoms. The predicted octanol–water partition coefficient (Wildman–Crippen LogP) is 3.77. The fourth-order valence-electron chi connectivity index (χ4n) is 2.77. The Bertz CT molecular complexity index is 404. The minimum Gasteiger partial charge on any atom is -0.380 e. The van der Waals surface area contributed by atoms with E-state index < -0.39 is 0 Å². The molecular formula is C17H27NO. The van der Waals surface area contributed by atoms with Crippen LogP contribution >= 0.6 is 0 Å². The fraction of sp³-hybridized carbons (Fsp3) is 0.647. The first-order valence-corrected chi connectivity index (χ1v) is 7.29. The van der Waals surface area contributed by atoms with Gasteiger partial charge in [0.1, 0.15) is 0 Å². The number of methoxy groups -OCH3 is 1. The lowest BCUT2D eigenvalue weighted by Crippen LogP contribution is -2.26. The van der Waals surface area contributed by atoms with Gasteiger partial charge >= 0.3 is 0 Å².